The van der Waals surface area contributed by atoms with Crippen molar-refractivity contribution in [2.24, 2.45) is 0 Å². The van der Waals surface area contributed by atoms with E-state index in [2.05, 4.69) is 6.92 Å². The average Bonchev–Trinajstić information content (AvgIpc) is 2.98. The van der Waals surface area contributed by atoms with Crippen LogP contribution in [0.5, 0.6) is 5.75 Å². The highest BCUT2D eigenvalue weighted by Crippen LogP contribution is 2.46. The molecule has 2 heterocycles. The molecule has 1 aromatic carbocycles. The maximum absolute atomic E-state index is 12.8. The fourth-order valence-corrected chi connectivity index (χ4v) is 4.26. The zero-order chi connectivity index (χ0) is 16.9. The molecular formula is C20H22O4. The van der Waals surface area contributed by atoms with Gasteiger partial charge in [-0.3, -0.25) is 4.79 Å². The van der Waals surface area contributed by atoms with Crippen LogP contribution in [0.3, 0.4) is 0 Å². The Morgan fingerprint density at radius 3 is 2.62 bits per heavy atom. The first-order chi connectivity index (χ1) is 11.5. The van der Waals surface area contributed by atoms with Crippen molar-refractivity contribution < 1.29 is 13.9 Å². The number of fused-ring (bicyclic) bond motifs is 2. The van der Waals surface area contributed by atoms with Gasteiger partial charge in [-0.1, -0.05) is 13.3 Å². The number of hydrogen-bond donors (Lipinski definition) is 0. The molecular weight excluding hydrogens is 304 g/mol. The van der Waals surface area contributed by atoms with E-state index in [1.807, 2.05) is 13.0 Å². The lowest BCUT2D eigenvalue weighted by atomic mass is 9.86. The Morgan fingerprint density at radius 1 is 1.17 bits per heavy atom. The number of aryl methyl sites for hydroxylation is 2. The largest absolute Gasteiger partial charge is 0.486 e. The van der Waals surface area contributed by atoms with E-state index in [1.165, 1.54) is 0 Å². The Balaban J connectivity index is 1.96. The van der Waals surface area contributed by atoms with Crippen molar-refractivity contribution in [3.8, 4) is 5.75 Å². The summed E-state index contributed by atoms with van der Waals surface area (Å²) >= 11 is 0. The van der Waals surface area contributed by atoms with Crippen LogP contribution in [0.15, 0.2) is 21.3 Å². The second kappa shape index (κ2) is 5.47. The number of ether oxygens (including phenoxy) is 1. The van der Waals surface area contributed by atoms with E-state index in [4.69, 9.17) is 9.15 Å². The van der Waals surface area contributed by atoms with E-state index in [9.17, 15) is 9.59 Å². The van der Waals surface area contributed by atoms with Gasteiger partial charge in [0.15, 0.2) is 5.78 Å². The minimum Gasteiger partial charge on any atom is -0.486 e. The van der Waals surface area contributed by atoms with Crippen LogP contribution in [0.25, 0.3) is 11.0 Å². The van der Waals surface area contributed by atoms with E-state index >= 15 is 0 Å². The van der Waals surface area contributed by atoms with Crippen molar-refractivity contribution in [2.45, 2.75) is 64.4 Å². The van der Waals surface area contributed by atoms with E-state index in [-0.39, 0.29) is 17.0 Å². The second-order valence-corrected chi connectivity index (χ2v) is 7.19. The molecule has 1 aliphatic carbocycles. The SMILES string of the molecule is CCCc1cc(=O)oc2c(C)c3c(cc12)C(=O)CC1(CCCC1)O3. The summed E-state index contributed by atoms with van der Waals surface area (Å²) in [5.74, 6) is 0.772. The van der Waals surface area contributed by atoms with E-state index in [0.29, 0.717) is 23.3 Å². The molecule has 0 amide bonds. The predicted molar refractivity (Wildman–Crippen MR) is 92.0 cm³/mol. The number of carbonyl (C=O) groups is 1. The van der Waals surface area contributed by atoms with Crippen molar-refractivity contribution in [1.29, 1.82) is 0 Å². The van der Waals surface area contributed by atoms with Crippen molar-refractivity contribution in [2.75, 3.05) is 0 Å². The number of rotatable bonds is 2. The molecule has 0 radical (unpaired) electrons. The normalized spacial score (nSPS) is 18.8. The van der Waals surface area contributed by atoms with Crippen LogP contribution < -0.4 is 10.4 Å². The first-order valence-electron chi connectivity index (χ1n) is 8.85. The number of Topliss-reactive ketones (excluding diaryl/α,β-unsaturated/α-hetero) is 1. The third kappa shape index (κ3) is 2.27. The highest BCUT2D eigenvalue weighted by Gasteiger charge is 2.43. The third-order valence-electron chi connectivity index (χ3n) is 5.44. The van der Waals surface area contributed by atoms with Gasteiger partial charge in [0, 0.05) is 17.0 Å². The second-order valence-electron chi connectivity index (χ2n) is 7.19. The van der Waals surface area contributed by atoms with E-state index < -0.39 is 0 Å². The zero-order valence-electron chi connectivity index (χ0n) is 14.2. The summed E-state index contributed by atoms with van der Waals surface area (Å²) in [6.45, 7) is 3.96. The molecule has 1 aliphatic heterocycles. The maximum Gasteiger partial charge on any atom is 0.336 e. The summed E-state index contributed by atoms with van der Waals surface area (Å²) in [4.78, 5) is 24.7. The van der Waals surface area contributed by atoms with Crippen molar-refractivity contribution in [3.63, 3.8) is 0 Å². The Labute approximate surface area is 140 Å². The van der Waals surface area contributed by atoms with E-state index in [1.54, 1.807) is 6.07 Å². The molecule has 1 fully saturated rings. The molecule has 0 bridgehead atoms. The first kappa shape index (κ1) is 15.4. The lowest BCUT2D eigenvalue weighted by Crippen LogP contribution is -2.39. The standard InChI is InChI=1S/C20H22O4/c1-3-6-13-9-17(22)23-18-12(2)19-15(10-14(13)18)16(21)11-20(24-19)7-4-5-8-20/h9-10H,3-8,11H2,1-2H3. The lowest BCUT2D eigenvalue weighted by Gasteiger charge is -2.35. The molecule has 1 saturated carbocycles. The first-order valence-corrected chi connectivity index (χ1v) is 8.85. The van der Waals surface area contributed by atoms with Crippen molar-refractivity contribution >= 4 is 16.8 Å². The molecule has 0 N–H and O–H groups in total. The fraction of sp³-hybridized carbons (Fsp3) is 0.500. The maximum atomic E-state index is 12.8. The summed E-state index contributed by atoms with van der Waals surface area (Å²) in [6, 6.07) is 3.42. The smallest absolute Gasteiger partial charge is 0.336 e. The monoisotopic (exact) mass is 326 g/mol. The number of benzene rings is 1. The van der Waals surface area contributed by atoms with Crippen LogP contribution >= 0.6 is 0 Å². The van der Waals surface area contributed by atoms with Crippen LogP contribution in [-0.4, -0.2) is 11.4 Å². The van der Waals surface area contributed by atoms with Crippen molar-refractivity contribution in [3.05, 3.63) is 39.2 Å². The minimum absolute atomic E-state index is 0.150. The fourth-order valence-electron chi connectivity index (χ4n) is 4.26. The Bertz CT molecular complexity index is 885. The van der Waals surface area contributed by atoms with Gasteiger partial charge < -0.3 is 9.15 Å². The number of hydrogen-bond acceptors (Lipinski definition) is 4. The summed E-state index contributed by atoms with van der Waals surface area (Å²) in [5, 5.41) is 0.868. The quantitative estimate of drug-likeness (QED) is 0.771. The average molecular weight is 326 g/mol. The third-order valence-corrected chi connectivity index (χ3v) is 5.44. The van der Waals surface area contributed by atoms with Crippen LogP contribution in [0.1, 0.15) is 66.9 Å². The summed E-state index contributed by atoms with van der Waals surface area (Å²) in [6.07, 6.45) is 6.24. The molecule has 4 rings (SSSR count). The summed E-state index contributed by atoms with van der Waals surface area (Å²) in [7, 11) is 0. The van der Waals surface area contributed by atoms with Gasteiger partial charge in [0.05, 0.1) is 12.0 Å². The molecule has 0 atom stereocenters. The molecule has 2 aliphatic rings. The van der Waals surface area contributed by atoms with Gasteiger partial charge in [0.1, 0.15) is 16.9 Å². The molecule has 4 heteroatoms. The molecule has 0 saturated heterocycles. The van der Waals surface area contributed by atoms with Gasteiger partial charge in [0.2, 0.25) is 0 Å². The minimum atomic E-state index is -0.343. The highest BCUT2D eigenvalue weighted by molar-refractivity contribution is 6.05. The Hall–Kier alpha value is -2.10. The van der Waals surface area contributed by atoms with Crippen molar-refractivity contribution in [1.82, 2.24) is 0 Å². The topological polar surface area (TPSA) is 56.5 Å². The summed E-state index contributed by atoms with van der Waals surface area (Å²) < 4.78 is 11.8. The molecule has 126 valence electrons. The van der Waals surface area contributed by atoms with E-state index in [0.717, 1.165) is 55.0 Å². The molecule has 24 heavy (non-hydrogen) atoms. The van der Waals surface area contributed by atoms with Crippen LogP contribution in [0.2, 0.25) is 0 Å². The van der Waals surface area contributed by atoms with Gasteiger partial charge in [-0.15, -0.1) is 0 Å². The van der Waals surface area contributed by atoms with Crippen LogP contribution in [0, 0.1) is 6.92 Å². The van der Waals surface area contributed by atoms with Gasteiger partial charge in [-0.05, 0) is 50.7 Å². The van der Waals surface area contributed by atoms with Crippen LogP contribution in [0.4, 0.5) is 0 Å². The zero-order valence-corrected chi connectivity index (χ0v) is 14.2. The van der Waals surface area contributed by atoms with Gasteiger partial charge in [-0.2, -0.15) is 0 Å². The Kier molecular flexibility index (Phi) is 3.52. The number of ketones is 1. The molecule has 1 aromatic heterocycles. The van der Waals surface area contributed by atoms with Crippen LogP contribution in [-0.2, 0) is 6.42 Å². The predicted octanol–water partition coefficient (Wildman–Crippen LogP) is 4.33. The lowest BCUT2D eigenvalue weighted by molar-refractivity contribution is 0.0446. The van der Waals surface area contributed by atoms with Gasteiger partial charge >= 0.3 is 5.63 Å². The molecule has 2 aromatic rings. The number of carbonyl (C=O) groups excluding carboxylic acids is 1. The highest BCUT2D eigenvalue weighted by atomic mass is 16.5. The van der Waals surface area contributed by atoms with Gasteiger partial charge in [-0.25, -0.2) is 4.79 Å². The summed E-state index contributed by atoms with van der Waals surface area (Å²) in [5.41, 5.74) is 2.24. The molecule has 0 unspecified atom stereocenters. The molecule has 4 nitrogen and oxygen atoms in total. The Morgan fingerprint density at radius 2 is 1.92 bits per heavy atom. The van der Waals surface area contributed by atoms with Gasteiger partial charge in [0.25, 0.3) is 0 Å². The molecule has 1 spiro atoms.